The van der Waals surface area contributed by atoms with Gasteiger partial charge in [-0.1, -0.05) is 13.8 Å². The number of thiocarbonyl (C=S) groups is 1. The van der Waals surface area contributed by atoms with Crippen molar-refractivity contribution in [3.63, 3.8) is 0 Å². The number of methoxy groups -OCH3 is 1. The van der Waals surface area contributed by atoms with E-state index in [-0.39, 0.29) is 11.0 Å². The number of halogens is 1. The molecule has 2 aromatic carbocycles. The quantitative estimate of drug-likeness (QED) is 0.646. The molecule has 0 heterocycles. The molecule has 0 aliphatic rings. The molecule has 0 radical (unpaired) electrons. The van der Waals surface area contributed by atoms with E-state index in [0.29, 0.717) is 23.8 Å². The number of anilines is 1. The van der Waals surface area contributed by atoms with Crippen molar-refractivity contribution < 1.29 is 14.3 Å². The Morgan fingerprint density at radius 3 is 2.46 bits per heavy atom. The highest BCUT2D eigenvalue weighted by Crippen LogP contribution is 2.27. The van der Waals surface area contributed by atoms with Crippen molar-refractivity contribution in [2.45, 2.75) is 13.8 Å². The molecule has 0 aromatic heterocycles. The molecule has 138 valence electrons. The highest BCUT2D eigenvalue weighted by Gasteiger charge is 2.09. The average Bonchev–Trinajstić information content (AvgIpc) is 2.60. The number of benzene rings is 2. The molecule has 0 unspecified atom stereocenters. The zero-order chi connectivity index (χ0) is 19.1. The number of carbonyl (C=O) groups excluding carboxylic acids is 1. The first kappa shape index (κ1) is 20.2. The van der Waals surface area contributed by atoms with E-state index in [1.165, 1.54) is 0 Å². The molecular formula is C19H21BrN2O3S. The van der Waals surface area contributed by atoms with Crippen LogP contribution in [0.4, 0.5) is 5.69 Å². The van der Waals surface area contributed by atoms with E-state index in [9.17, 15) is 4.79 Å². The maximum Gasteiger partial charge on any atom is 0.257 e. The largest absolute Gasteiger partial charge is 0.496 e. The molecule has 2 aromatic rings. The first-order valence-electron chi connectivity index (χ1n) is 8.07. The summed E-state index contributed by atoms with van der Waals surface area (Å²) in [6.07, 6.45) is 0. The molecule has 0 atom stereocenters. The molecule has 0 spiro atoms. The standard InChI is InChI=1S/C19H21BrN2O3S/c1-12(2)11-25-15-7-4-13(5-8-15)18(23)22-19(26)21-14-6-9-17(24-3)16(20)10-14/h4-10,12H,11H2,1-3H3,(H2,21,22,23,26). The van der Waals surface area contributed by atoms with Gasteiger partial charge < -0.3 is 14.8 Å². The number of hydrogen-bond acceptors (Lipinski definition) is 4. The van der Waals surface area contributed by atoms with Gasteiger partial charge in [0.25, 0.3) is 5.91 Å². The molecule has 0 fully saturated rings. The second-order valence-electron chi connectivity index (χ2n) is 5.99. The number of nitrogens with one attached hydrogen (secondary N) is 2. The Bertz CT molecular complexity index is 779. The summed E-state index contributed by atoms with van der Waals surface area (Å²) < 4.78 is 11.6. The van der Waals surface area contributed by atoms with Gasteiger partial charge in [0.1, 0.15) is 11.5 Å². The minimum atomic E-state index is -0.287. The molecule has 0 aliphatic heterocycles. The van der Waals surface area contributed by atoms with Crippen molar-refractivity contribution in [1.82, 2.24) is 5.32 Å². The van der Waals surface area contributed by atoms with Crippen LogP contribution < -0.4 is 20.1 Å². The Morgan fingerprint density at radius 2 is 1.88 bits per heavy atom. The molecule has 0 bridgehead atoms. The third-order valence-corrected chi connectivity index (χ3v) is 4.16. The van der Waals surface area contributed by atoms with Crippen LogP contribution in [-0.4, -0.2) is 24.7 Å². The summed E-state index contributed by atoms with van der Waals surface area (Å²) in [5, 5.41) is 5.84. The Kier molecular flexibility index (Phi) is 7.41. The normalized spacial score (nSPS) is 10.3. The molecule has 5 nitrogen and oxygen atoms in total. The third-order valence-electron chi connectivity index (χ3n) is 3.34. The Labute approximate surface area is 167 Å². The van der Waals surface area contributed by atoms with Crippen LogP contribution in [0.3, 0.4) is 0 Å². The predicted molar refractivity (Wildman–Crippen MR) is 111 cm³/mol. The van der Waals surface area contributed by atoms with Crippen LogP contribution in [0.5, 0.6) is 11.5 Å². The summed E-state index contributed by atoms with van der Waals surface area (Å²) in [6.45, 7) is 4.80. The van der Waals surface area contributed by atoms with Gasteiger partial charge in [-0.3, -0.25) is 10.1 Å². The van der Waals surface area contributed by atoms with Crippen LogP contribution >= 0.6 is 28.1 Å². The minimum absolute atomic E-state index is 0.215. The van der Waals surface area contributed by atoms with E-state index in [4.69, 9.17) is 21.7 Å². The van der Waals surface area contributed by atoms with Gasteiger partial charge >= 0.3 is 0 Å². The fourth-order valence-electron chi connectivity index (χ4n) is 2.05. The molecule has 0 aliphatic carbocycles. The molecule has 1 amide bonds. The SMILES string of the molecule is COc1ccc(NC(=S)NC(=O)c2ccc(OCC(C)C)cc2)cc1Br. The lowest BCUT2D eigenvalue weighted by Gasteiger charge is -2.12. The molecule has 7 heteroatoms. The summed E-state index contributed by atoms with van der Waals surface area (Å²) in [5.74, 6) is 1.61. The molecule has 26 heavy (non-hydrogen) atoms. The van der Waals surface area contributed by atoms with E-state index < -0.39 is 0 Å². The lowest BCUT2D eigenvalue weighted by molar-refractivity contribution is 0.0977. The van der Waals surface area contributed by atoms with Gasteiger partial charge in [-0.15, -0.1) is 0 Å². The smallest absolute Gasteiger partial charge is 0.257 e. The van der Waals surface area contributed by atoms with E-state index in [0.717, 1.165) is 15.9 Å². The van der Waals surface area contributed by atoms with Crippen molar-refractivity contribution in [3.05, 3.63) is 52.5 Å². The summed E-state index contributed by atoms with van der Waals surface area (Å²) in [7, 11) is 1.59. The topological polar surface area (TPSA) is 59.6 Å². The third kappa shape index (κ3) is 6.00. The molecular weight excluding hydrogens is 416 g/mol. The second-order valence-corrected chi connectivity index (χ2v) is 7.25. The van der Waals surface area contributed by atoms with Crippen molar-refractivity contribution in [1.29, 1.82) is 0 Å². The zero-order valence-electron chi connectivity index (χ0n) is 14.8. The van der Waals surface area contributed by atoms with Gasteiger partial charge in [-0.25, -0.2) is 0 Å². The van der Waals surface area contributed by atoms with Crippen LogP contribution in [0.1, 0.15) is 24.2 Å². The molecule has 0 saturated carbocycles. The summed E-state index contributed by atoms with van der Waals surface area (Å²) in [5.41, 5.74) is 1.24. The van der Waals surface area contributed by atoms with E-state index in [1.807, 2.05) is 12.1 Å². The van der Waals surface area contributed by atoms with Crippen molar-refractivity contribution in [2.24, 2.45) is 5.92 Å². The Morgan fingerprint density at radius 1 is 1.19 bits per heavy atom. The number of amides is 1. The van der Waals surface area contributed by atoms with Crippen molar-refractivity contribution in [3.8, 4) is 11.5 Å². The van der Waals surface area contributed by atoms with Gasteiger partial charge in [-0.2, -0.15) is 0 Å². The van der Waals surface area contributed by atoms with E-state index in [1.54, 1.807) is 37.4 Å². The number of carbonyl (C=O) groups is 1. The maximum absolute atomic E-state index is 12.3. The highest BCUT2D eigenvalue weighted by atomic mass is 79.9. The second kappa shape index (κ2) is 9.54. The van der Waals surface area contributed by atoms with Crippen LogP contribution in [0.15, 0.2) is 46.9 Å². The lowest BCUT2D eigenvalue weighted by Crippen LogP contribution is -2.34. The van der Waals surface area contributed by atoms with Crippen LogP contribution in [0.25, 0.3) is 0 Å². The van der Waals surface area contributed by atoms with Gasteiger partial charge in [0.2, 0.25) is 0 Å². The lowest BCUT2D eigenvalue weighted by atomic mass is 10.2. The summed E-state index contributed by atoms with van der Waals surface area (Å²) in [4.78, 5) is 12.3. The summed E-state index contributed by atoms with van der Waals surface area (Å²) in [6, 6.07) is 12.4. The highest BCUT2D eigenvalue weighted by molar-refractivity contribution is 9.10. The first-order chi connectivity index (χ1) is 12.4. The first-order valence-corrected chi connectivity index (χ1v) is 9.28. The van der Waals surface area contributed by atoms with Crippen LogP contribution in [0, 0.1) is 5.92 Å². The van der Waals surface area contributed by atoms with E-state index >= 15 is 0 Å². The Balaban J connectivity index is 1.92. The van der Waals surface area contributed by atoms with Gasteiger partial charge in [-0.05, 0) is 76.5 Å². The number of rotatable bonds is 6. The molecule has 2 N–H and O–H groups in total. The molecule has 2 rings (SSSR count). The number of hydrogen-bond donors (Lipinski definition) is 2. The van der Waals surface area contributed by atoms with Gasteiger partial charge in [0.15, 0.2) is 5.11 Å². The fraction of sp³-hybridized carbons (Fsp3) is 0.263. The van der Waals surface area contributed by atoms with Gasteiger partial charge in [0, 0.05) is 11.3 Å². The molecule has 0 saturated heterocycles. The van der Waals surface area contributed by atoms with E-state index in [2.05, 4.69) is 40.4 Å². The van der Waals surface area contributed by atoms with Crippen LogP contribution in [0.2, 0.25) is 0 Å². The monoisotopic (exact) mass is 436 g/mol. The zero-order valence-corrected chi connectivity index (χ0v) is 17.2. The average molecular weight is 437 g/mol. The number of ether oxygens (including phenoxy) is 2. The minimum Gasteiger partial charge on any atom is -0.496 e. The predicted octanol–water partition coefficient (Wildman–Crippen LogP) is 4.62. The van der Waals surface area contributed by atoms with Crippen molar-refractivity contribution >= 4 is 44.9 Å². The van der Waals surface area contributed by atoms with Crippen molar-refractivity contribution in [2.75, 3.05) is 19.0 Å². The summed E-state index contributed by atoms with van der Waals surface area (Å²) >= 11 is 8.60. The van der Waals surface area contributed by atoms with Gasteiger partial charge in [0.05, 0.1) is 18.2 Å². The van der Waals surface area contributed by atoms with Crippen LogP contribution in [-0.2, 0) is 0 Å². The maximum atomic E-state index is 12.3. The fourth-order valence-corrected chi connectivity index (χ4v) is 2.80. The Hall–Kier alpha value is -2.12.